The number of benzene rings is 2. The first-order valence-electron chi connectivity index (χ1n) is 14.8. The van der Waals surface area contributed by atoms with Crippen LogP contribution in [-0.2, 0) is 17.8 Å². The fourth-order valence-corrected chi connectivity index (χ4v) is 6.85. The number of likely N-dealkylation sites (N-methyl/N-ethyl adjacent to an activating group) is 1. The number of fused-ring (bicyclic) bond motifs is 2. The highest BCUT2D eigenvalue weighted by Crippen LogP contribution is 2.37. The van der Waals surface area contributed by atoms with Crippen LogP contribution in [0, 0.1) is 11.3 Å². The molecule has 11 heteroatoms. The summed E-state index contributed by atoms with van der Waals surface area (Å²) in [6, 6.07) is 14.4. The van der Waals surface area contributed by atoms with Gasteiger partial charge in [0.2, 0.25) is 0 Å². The summed E-state index contributed by atoms with van der Waals surface area (Å²) < 4.78 is 20.0. The summed E-state index contributed by atoms with van der Waals surface area (Å²) in [4.78, 5) is 30.4. The largest absolute Gasteiger partial charge is 0.462 e. The molecule has 43 heavy (non-hydrogen) atoms. The lowest BCUT2D eigenvalue weighted by molar-refractivity contribution is -0.131. The van der Waals surface area contributed by atoms with Crippen molar-refractivity contribution in [2.45, 2.75) is 44.3 Å². The van der Waals surface area contributed by atoms with Gasteiger partial charge in [0, 0.05) is 48.9 Å². The van der Waals surface area contributed by atoms with E-state index in [0.29, 0.717) is 49.7 Å². The number of nitrogens with zero attached hydrogens (tertiary/aromatic N) is 7. The van der Waals surface area contributed by atoms with Crippen molar-refractivity contribution in [3.63, 3.8) is 0 Å². The number of likely N-dealkylation sites (tertiary alicyclic amines) is 1. The summed E-state index contributed by atoms with van der Waals surface area (Å²) >= 11 is 6.68. The minimum absolute atomic E-state index is 0.0792. The maximum absolute atomic E-state index is 13.8. The molecule has 0 aliphatic carbocycles. The molecule has 1 amide bonds. The number of rotatable bonds is 7. The van der Waals surface area contributed by atoms with Crippen molar-refractivity contribution in [3.8, 4) is 12.1 Å². The number of hydrogen-bond acceptors (Lipinski definition) is 8. The number of piperazine rings is 1. The Balaban J connectivity index is 1.34. The Bertz CT molecular complexity index is 1590. The average molecular weight is 604 g/mol. The van der Waals surface area contributed by atoms with Crippen molar-refractivity contribution in [3.05, 3.63) is 65.1 Å². The summed E-state index contributed by atoms with van der Waals surface area (Å²) in [5.74, 6) is -1.03. The third-order valence-electron chi connectivity index (χ3n) is 8.87. The van der Waals surface area contributed by atoms with Crippen molar-refractivity contribution in [1.29, 1.82) is 5.26 Å². The second-order valence-electron chi connectivity index (χ2n) is 11.5. The molecule has 0 spiro atoms. The Morgan fingerprint density at radius 3 is 2.70 bits per heavy atom. The maximum Gasteiger partial charge on any atom is 0.318 e. The monoisotopic (exact) mass is 603 g/mol. The molecule has 0 bridgehead atoms. The van der Waals surface area contributed by atoms with Crippen LogP contribution in [0.4, 0.5) is 15.9 Å². The van der Waals surface area contributed by atoms with Crippen LogP contribution in [-0.4, -0.2) is 84.1 Å². The third kappa shape index (κ3) is 5.84. The van der Waals surface area contributed by atoms with E-state index in [1.54, 1.807) is 0 Å². The molecule has 3 aliphatic heterocycles. The Hall–Kier alpha value is -3.94. The molecule has 3 aliphatic rings. The van der Waals surface area contributed by atoms with Gasteiger partial charge < -0.3 is 24.3 Å². The van der Waals surface area contributed by atoms with Crippen molar-refractivity contribution >= 4 is 39.8 Å². The molecule has 1 aromatic heterocycles. The van der Waals surface area contributed by atoms with Gasteiger partial charge in [0.15, 0.2) is 5.83 Å². The molecule has 4 heterocycles. The molecular weight excluding hydrogens is 569 g/mol. The Kier molecular flexibility index (Phi) is 8.37. The van der Waals surface area contributed by atoms with Gasteiger partial charge in [-0.05, 0) is 50.4 Å². The molecule has 3 aromatic rings. The van der Waals surface area contributed by atoms with E-state index in [4.69, 9.17) is 26.3 Å². The molecule has 0 saturated carbocycles. The van der Waals surface area contributed by atoms with Crippen molar-refractivity contribution in [1.82, 2.24) is 19.8 Å². The minimum atomic E-state index is -1.02. The highest BCUT2D eigenvalue weighted by atomic mass is 35.5. The predicted octanol–water partition coefficient (Wildman–Crippen LogP) is 4.73. The summed E-state index contributed by atoms with van der Waals surface area (Å²) in [7, 11) is 2.11. The van der Waals surface area contributed by atoms with Crippen LogP contribution in [0.25, 0.3) is 10.8 Å². The van der Waals surface area contributed by atoms with Gasteiger partial charge in [0.05, 0.1) is 35.8 Å². The fourth-order valence-electron chi connectivity index (χ4n) is 6.57. The lowest BCUT2D eigenvalue weighted by atomic mass is 10.0. The highest BCUT2D eigenvalue weighted by Gasteiger charge is 2.35. The molecule has 9 nitrogen and oxygen atoms in total. The molecular formula is C32H35ClFN7O2. The van der Waals surface area contributed by atoms with E-state index in [9.17, 15) is 14.4 Å². The Labute approximate surface area is 256 Å². The normalized spacial score (nSPS) is 20.7. The van der Waals surface area contributed by atoms with E-state index in [0.717, 1.165) is 59.5 Å². The van der Waals surface area contributed by atoms with Gasteiger partial charge in [-0.1, -0.05) is 42.4 Å². The van der Waals surface area contributed by atoms with Crippen LogP contribution in [0.5, 0.6) is 6.01 Å². The zero-order valence-corrected chi connectivity index (χ0v) is 25.1. The molecule has 224 valence electrons. The molecule has 0 unspecified atom stereocenters. The number of hydrogen-bond donors (Lipinski definition) is 0. The number of amides is 1. The molecule has 2 fully saturated rings. The molecule has 2 aromatic carbocycles. The highest BCUT2D eigenvalue weighted by molar-refractivity contribution is 6.36. The van der Waals surface area contributed by atoms with E-state index in [1.165, 1.54) is 4.90 Å². The lowest BCUT2D eigenvalue weighted by Gasteiger charge is -2.42. The van der Waals surface area contributed by atoms with Crippen molar-refractivity contribution < 1.29 is 13.9 Å². The molecule has 0 radical (unpaired) electrons. The van der Waals surface area contributed by atoms with Gasteiger partial charge in [0.1, 0.15) is 12.4 Å². The van der Waals surface area contributed by atoms with Crippen LogP contribution in [0.15, 0.2) is 48.8 Å². The number of nitriles is 1. The summed E-state index contributed by atoms with van der Waals surface area (Å²) in [6.45, 7) is 7.06. The van der Waals surface area contributed by atoms with Gasteiger partial charge in [0.25, 0.3) is 5.91 Å². The van der Waals surface area contributed by atoms with Crippen LogP contribution < -0.4 is 14.5 Å². The predicted molar refractivity (Wildman–Crippen MR) is 165 cm³/mol. The average Bonchev–Trinajstić information content (AvgIpc) is 3.43. The second kappa shape index (κ2) is 12.3. The number of halogens is 2. The quantitative estimate of drug-likeness (QED) is 0.358. The number of carbonyl (C=O) groups is 1. The van der Waals surface area contributed by atoms with E-state index >= 15 is 0 Å². The first-order valence-corrected chi connectivity index (χ1v) is 15.1. The first kappa shape index (κ1) is 29.1. The zero-order valence-electron chi connectivity index (χ0n) is 24.3. The number of carbonyl (C=O) groups excluding carboxylic acids is 1. The summed E-state index contributed by atoms with van der Waals surface area (Å²) in [5, 5.41) is 12.3. The zero-order chi connectivity index (χ0) is 30.1. The van der Waals surface area contributed by atoms with Gasteiger partial charge in [-0.2, -0.15) is 15.2 Å². The van der Waals surface area contributed by atoms with Gasteiger partial charge in [-0.25, -0.2) is 4.39 Å². The second-order valence-corrected chi connectivity index (χ2v) is 11.9. The van der Waals surface area contributed by atoms with Crippen LogP contribution in [0.2, 0.25) is 5.02 Å². The lowest BCUT2D eigenvalue weighted by Crippen LogP contribution is -2.55. The smallest absolute Gasteiger partial charge is 0.318 e. The molecule has 0 N–H and O–H groups in total. The number of anilines is 2. The first-order chi connectivity index (χ1) is 20.8. The SMILES string of the molecule is C=C(F)C(=O)N1CCN(c2nc(OC[C@@H]3CCCN3C)nc3c2CCN(c2cccc4cccc(Cl)c24)C3)C[C@H]1CC#N. The minimum Gasteiger partial charge on any atom is -0.462 e. The summed E-state index contributed by atoms with van der Waals surface area (Å²) in [6.07, 6.45) is 2.98. The van der Waals surface area contributed by atoms with Crippen molar-refractivity contribution in [2.24, 2.45) is 0 Å². The van der Waals surface area contributed by atoms with E-state index < -0.39 is 17.8 Å². The van der Waals surface area contributed by atoms with E-state index in [2.05, 4.69) is 52.6 Å². The topological polar surface area (TPSA) is 88.8 Å². The third-order valence-corrected chi connectivity index (χ3v) is 9.19. The summed E-state index contributed by atoms with van der Waals surface area (Å²) in [5.41, 5.74) is 2.96. The van der Waals surface area contributed by atoms with Crippen LogP contribution in [0.3, 0.4) is 0 Å². The van der Waals surface area contributed by atoms with E-state index in [1.807, 2.05) is 18.2 Å². The van der Waals surface area contributed by atoms with Crippen LogP contribution >= 0.6 is 11.6 Å². The Morgan fingerprint density at radius 1 is 1.14 bits per heavy atom. The van der Waals surface area contributed by atoms with Gasteiger partial charge in [-0.3, -0.25) is 4.79 Å². The van der Waals surface area contributed by atoms with Crippen LogP contribution in [0.1, 0.15) is 30.5 Å². The Morgan fingerprint density at radius 2 is 1.95 bits per heavy atom. The van der Waals surface area contributed by atoms with E-state index in [-0.39, 0.29) is 13.0 Å². The fraction of sp³-hybridized carbons (Fsp3) is 0.438. The van der Waals surface area contributed by atoms with Crippen molar-refractivity contribution in [2.75, 3.05) is 56.2 Å². The number of ether oxygens (including phenoxy) is 1. The molecule has 2 saturated heterocycles. The van der Waals surface area contributed by atoms with Gasteiger partial charge >= 0.3 is 6.01 Å². The maximum atomic E-state index is 13.8. The molecule has 6 rings (SSSR count). The number of aromatic nitrogens is 2. The van der Waals surface area contributed by atoms with Gasteiger partial charge in [-0.15, -0.1) is 0 Å². The molecule has 2 atom stereocenters. The standard InChI is InChI=1S/C32H35ClFN7O2/c1-21(34)31(42)41-17-16-40(18-23(41)11-13-35)30-25-12-15-39(28-10-4-7-22-6-3-9-26(33)29(22)28)19-27(25)36-32(37-30)43-20-24-8-5-14-38(24)2/h3-4,6-7,9-10,23-24H,1,5,8,11-12,14-20H2,2H3/t23-,24+/m1/s1.